The molecule has 3 nitrogen and oxygen atoms in total. The van der Waals surface area contributed by atoms with Crippen LogP contribution < -0.4 is 4.72 Å². The summed E-state index contributed by atoms with van der Waals surface area (Å²) in [6.45, 7) is 1.68. The first-order chi connectivity index (χ1) is 10.1. The molecule has 8 heteroatoms. The Morgan fingerprint density at radius 3 is 2.32 bits per heavy atom. The smallest absolute Gasteiger partial charge is 0.279 e. The molecule has 0 spiro atoms. The van der Waals surface area contributed by atoms with Gasteiger partial charge in [-0.2, -0.15) is 13.2 Å². The van der Waals surface area contributed by atoms with Crippen LogP contribution in [-0.2, 0) is 16.2 Å². The first-order valence-corrected chi connectivity index (χ1v) is 7.92. The van der Waals surface area contributed by atoms with E-state index in [0.29, 0.717) is 17.3 Å². The second kappa shape index (κ2) is 5.81. The SMILES string of the molecule is Cc1ccccc1NS(=O)(=O)c1ccc(Cl)c(C(F)(F)F)c1. The Kier molecular flexibility index (Phi) is 4.39. The highest BCUT2D eigenvalue weighted by atomic mass is 35.5. The zero-order valence-electron chi connectivity index (χ0n) is 11.3. The second-order valence-corrected chi connectivity index (χ2v) is 6.65. The Labute approximate surface area is 130 Å². The fourth-order valence-corrected chi connectivity index (χ4v) is 3.16. The van der Waals surface area contributed by atoms with E-state index in [-0.39, 0.29) is 0 Å². The molecule has 0 bridgehead atoms. The van der Waals surface area contributed by atoms with Crippen molar-refractivity contribution in [1.82, 2.24) is 0 Å². The number of aryl methyl sites for hydroxylation is 1. The molecule has 0 aliphatic carbocycles. The lowest BCUT2D eigenvalue weighted by Crippen LogP contribution is -2.15. The molecule has 118 valence electrons. The van der Waals surface area contributed by atoms with Gasteiger partial charge in [-0.05, 0) is 36.8 Å². The van der Waals surface area contributed by atoms with E-state index in [0.717, 1.165) is 12.1 Å². The summed E-state index contributed by atoms with van der Waals surface area (Å²) in [6.07, 6.45) is -4.73. The van der Waals surface area contributed by atoms with E-state index < -0.39 is 31.7 Å². The largest absolute Gasteiger partial charge is 0.417 e. The number of rotatable bonds is 3. The highest BCUT2D eigenvalue weighted by molar-refractivity contribution is 7.92. The van der Waals surface area contributed by atoms with Crippen LogP contribution in [0, 0.1) is 6.92 Å². The Hall–Kier alpha value is -1.73. The Balaban J connectivity index is 2.45. The van der Waals surface area contributed by atoms with Gasteiger partial charge in [0.2, 0.25) is 0 Å². The van der Waals surface area contributed by atoms with E-state index in [4.69, 9.17) is 11.6 Å². The van der Waals surface area contributed by atoms with Gasteiger partial charge in [-0.3, -0.25) is 4.72 Å². The first kappa shape index (κ1) is 16.6. The average Bonchev–Trinajstić information content (AvgIpc) is 2.40. The molecule has 0 saturated carbocycles. The van der Waals surface area contributed by atoms with Crippen molar-refractivity contribution in [2.45, 2.75) is 18.0 Å². The van der Waals surface area contributed by atoms with Gasteiger partial charge in [0.05, 0.1) is 21.2 Å². The summed E-state index contributed by atoms with van der Waals surface area (Å²) in [5, 5.41) is -0.553. The van der Waals surface area contributed by atoms with E-state index in [9.17, 15) is 21.6 Å². The number of sulfonamides is 1. The summed E-state index contributed by atoms with van der Waals surface area (Å²) in [6, 6.07) is 9.00. The van der Waals surface area contributed by atoms with Gasteiger partial charge in [0.1, 0.15) is 0 Å². The van der Waals surface area contributed by atoms with E-state index in [1.165, 1.54) is 6.07 Å². The molecule has 1 N–H and O–H groups in total. The lowest BCUT2D eigenvalue weighted by molar-refractivity contribution is -0.137. The minimum Gasteiger partial charge on any atom is -0.279 e. The predicted molar refractivity (Wildman–Crippen MR) is 78.4 cm³/mol. The lowest BCUT2D eigenvalue weighted by Gasteiger charge is -2.13. The molecule has 0 unspecified atom stereocenters. The minimum absolute atomic E-state index is 0.297. The lowest BCUT2D eigenvalue weighted by atomic mass is 10.2. The van der Waals surface area contributed by atoms with Crippen LogP contribution in [-0.4, -0.2) is 8.42 Å². The van der Waals surface area contributed by atoms with E-state index in [1.54, 1.807) is 25.1 Å². The Morgan fingerprint density at radius 1 is 1.09 bits per heavy atom. The van der Waals surface area contributed by atoms with E-state index in [1.807, 2.05) is 0 Å². The summed E-state index contributed by atoms with van der Waals surface area (Å²) in [5.74, 6) is 0. The maximum atomic E-state index is 12.8. The summed E-state index contributed by atoms with van der Waals surface area (Å²) in [7, 11) is -4.14. The third-order valence-corrected chi connectivity index (χ3v) is 4.64. The maximum absolute atomic E-state index is 12.8. The van der Waals surface area contributed by atoms with Gasteiger partial charge in [-0.25, -0.2) is 8.42 Å². The third kappa shape index (κ3) is 3.53. The normalized spacial score (nSPS) is 12.2. The molecule has 0 fully saturated rings. The van der Waals surface area contributed by atoms with Crippen LogP contribution in [0.1, 0.15) is 11.1 Å². The van der Waals surface area contributed by atoms with Gasteiger partial charge in [0.25, 0.3) is 10.0 Å². The fraction of sp³-hybridized carbons (Fsp3) is 0.143. The molecule has 0 aliphatic heterocycles. The molecule has 22 heavy (non-hydrogen) atoms. The summed E-state index contributed by atoms with van der Waals surface area (Å²) < 4.78 is 65.1. The van der Waals surface area contributed by atoms with Crippen molar-refractivity contribution in [3.63, 3.8) is 0 Å². The van der Waals surface area contributed by atoms with Crippen LogP contribution in [0.3, 0.4) is 0 Å². The van der Waals surface area contributed by atoms with Crippen molar-refractivity contribution in [3.8, 4) is 0 Å². The molecule has 2 aromatic carbocycles. The quantitative estimate of drug-likeness (QED) is 0.888. The average molecular weight is 350 g/mol. The third-order valence-electron chi connectivity index (χ3n) is 2.94. The number of hydrogen-bond acceptors (Lipinski definition) is 2. The minimum atomic E-state index is -4.73. The van der Waals surface area contributed by atoms with Gasteiger partial charge in [-0.1, -0.05) is 29.8 Å². The van der Waals surface area contributed by atoms with Crippen LogP contribution >= 0.6 is 11.6 Å². The number of halogens is 4. The fourth-order valence-electron chi connectivity index (χ4n) is 1.78. The number of anilines is 1. The van der Waals surface area contributed by atoms with Crippen molar-refractivity contribution in [2.75, 3.05) is 4.72 Å². The van der Waals surface area contributed by atoms with Gasteiger partial charge in [-0.15, -0.1) is 0 Å². The van der Waals surface area contributed by atoms with Crippen LogP contribution in [0.2, 0.25) is 5.02 Å². The van der Waals surface area contributed by atoms with Crippen LogP contribution in [0.4, 0.5) is 18.9 Å². The Morgan fingerprint density at radius 2 is 1.73 bits per heavy atom. The van der Waals surface area contributed by atoms with Gasteiger partial charge in [0, 0.05) is 0 Å². The van der Waals surface area contributed by atoms with Gasteiger partial charge < -0.3 is 0 Å². The zero-order chi connectivity index (χ0) is 16.5. The summed E-state index contributed by atoms with van der Waals surface area (Å²) >= 11 is 5.48. The molecule has 0 atom stereocenters. The molecular weight excluding hydrogens is 339 g/mol. The number of nitrogens with one attached hydrogen (secondary N) is 1. The molecule has 0 radical (unpaired) electrons. The van der Waals surface area contributed by atoms with E-state index in [2.05, 4.69) is 4.72 Å². The standard InChI is InChI=1S/C14H11ClF3NO2S/c1-9-4-2-3-5-13(9)19-22(20,21)10-6-7-12(15)11(8-10)14(16,17)18/h2-8,19H,1H3. The number of alkyl halides is 3. The number of para-hydroxylation sites is 1. The van der Waals surface area contributed by atoms with Crippen molar-refractivity contribution in [1.29, 1.82) is 0 Å². The second-order valence-electron chi connectivity index (χ2n) is 4.56. The zero-order valence-corrected chi connectivity index (χ0v) is 12.9. The topological polar surface area (TPSA) is 46.2 Å². The molecule has 0 saturated heterocycles. The monoisotopic (exact) mass is 349 g/mol. The molecule has 0 heterocycles. The predicted octanol–water partition coefficient (Wildman–Crippen LogP) is 4.47. The molecule has 0 amide bonds. The maximum Gasteiger partial charge on any atom is 0.417 e. The van der Waals surface area contributed by atoms with Crippen molar-refractivity contribution in [2.24, 2.45) is 0 Å². The van der Waals surface area contributed by atoms with Crippen LogP contribution in [0.25, 0.3) is 0 Å². The Bertz CT molecular complexity index is 804. The van der Waals surface area contributed by atoms with E-state index >= 15 is 0 Å². The molecule has 2 rings (SSSR count). The summed E-state index contributed by atoms with van der Waals surface area (Å²) in [5.41, 5.74) is -0.246. The molecular formula is C14H11ClF3NO2S. The van der Waals surface area contributed by atoms with Gasteiger partial charge in [0.15, 0.2) is 0 Å². The van der Waals surface area contributed by atoms with Crippen molar-refractivity contribution in [3.05, 3.63) is 58.6 Å². The summed E-state index contributed by atoms with van der Waals surface area (Å²) in [4.78, 5) is -0.507. The van der Waals surface area contributed by atoms with Gasteiger partial charge >= 0.3 is 6.18 Å². The van der Waals surface area contributed by atoms with Crippen molar-refractivity contribution < 1.29 is 21.6 Å². The van der Waals surface area contributed by atoms with Crippen LogP contribution in [0.5, 0.6) is 0 Å². The molecule has 0 aliphatic rings. The molecule has 0 aromatic heterocycles. The first-order valence-electron chi connectivity index (χ1n) is 6.06. The highest BCUT2D eigenvalue weighted by Crippen LogP contribution is 2.36. The van der Waals surface area contributed by atoms with Crippen molar-refractivity contribution >= 4 is 27.3 Å². The highest BCUT2D eigenvalue weighted by Gasteiger charge is 2.34. The molecule has 2 aromatic rings. The number of benzene rings is 2. The van der Waals surface area contributed by atoms with Crippen LogP contribution in [0.15, 0.2) is 47.4 Å². The number of hydrogen-bond donors (Lipinski definition) is 1.